The second kappa shape index (κ2) is 7.71. The van der Waals surface area contributed by atoms with Gasteiger partial charge in [-0.1, -0.05) is 0 Å². The van der Waals surface area contributed by atoms with Crippen LogP contribution in [0.4, 0.5) is 10.2 Å². The molecule has 1 aromatic carbocycles. The third-order valence-corrected chi connectivity index (χ3v) is 6.75. The predicted molar refractivity (Wildman–Crippen MR) is 115 cm³/mol. The summed E-state index contributed by atoms with van der Waals surface area (Å²) in [7, 11) is -3.93. The molecular formula is C20H18FN5O2S2. The number of hydrogen-bond acceptors (Lipinski definition) is 7. The number of pyridine rings is 1. The molecule has 0 spiro atoms. The maximum absolute atomic E-state index is 14.3. The van der Waals surface area contributed by atoms with Crippen LogP contribution in [-0.2, 0) is 16.6 Å². The molecule has 0 fully saturated rings. The lowest BCUT2D eigenvalue weighted by atomic mass is 10.2. The van der Waals surface area contributed by atoms with Gasteiger partial charge in [-0.15, -0.1) is 11.3 Å². The third-order valence-electron chi connectivity index (χ3n) is 4.74. The summed E-state index contributed by atoms with van der Waals surface area (Å²) in [5.74, 6) is 0.505. The van der Waals surface area contributed by atoms with E-state index in [1.807, 2.05) is 19.9 Å². The van der Waals surface area contributed by atoms with E-state index in [0.717, 1.165) is 38.4 Å². The van der Waals surface area contributed by atoms with Crippen LogP contribution in [0, 0.1) is 19.7 Å². The van der Waals surface area contributed by atoms with E-state index in [1.165, 1.54) is 6.07 Å². The zero-order valence-electron chi connectivity index (χ0n) is 16.2. The van der Waals surface area contributed by atoms with Gasteiger partial charge in [-0.25, -0.2) is 27.9 Å². The molecule has 0 saturated carbocycles. The second-order valence-electron chi connectivity index (χ2n) is 6.75. The first-order valence-electron chi connectivity index (χ1n) is 8.97. The van der Waals surface area contributed by atoms with Crippen LogP contribution in [0.3, 0.4) is 0 Å². The fourth-order valence-electron chi connectivity index (χ4n) is 3.04. The molecule has 7 nitrogen and oxygen atoms in total. The van der Waals surface area contributed by atoms with E-state index in [4.69, 9.17) is 5.14 Å². The maximum atomic E-state index is 14.3. The molecule has 0 unspecified atom stereocenters. The molecule has 30 heavy (non-hydrogen) atoms. The summed E-state index contributed by atoms with van der Waals surface area (Å²) in [5, 5.41) is 9.17. The molecule has 0 atom stereocenters. The Balaban J connectivity index is 1.77. The van der Waals surface area contributed by atoms with Crippen molar-refractivity contribution < 1.29 is 12.8 Å². The first kappa shape index (κ1) is 20.3. The fraction of sp³-hybridized carbons (Fsp3) is 0.150. The van der Waals surface area contributed by atoms with Gasteiger partial charge < -0.3 is 5.32 Å². The molecule has 154 valence electrons. The van der Waals surface area contributed by atoms with E-state index in [9.17, 15) is 12.8 Å². The van der Waals surface area contributed by atoms with Crippen LogP contribution in [0.2, 0.25) is 0 Å². The number of primary sulfonamides is 1. The Hall–Kier alpha value is -2.95. The van der Waals surface area contributed by atoms with E-state index in [2.05, 4.69) is 20.3 Å². The Morgan fingerprint density at radius 3 is 2.70 bits per heavy atom. The summed E-state index contributed by atoms with van der Waals surface area (Å²) >= 11 is 1.55. The van der Waals surface area contributed by atoms with Crippen molar-refractivity contribution >= 4 is 37.4 Å². The minimum atomic E-state index is -3.93. The minimum Gasteiger partial charge on any atom is -0.365 e. The number of sulfonamides is 1. The highest BCUT2D eigenvalue weighted by atomic mass is 32.2. The van der Waals surface area contributed by atoms with Crippen LogP contribution in [0.1, 0.15) is 16.0 Å². The Kier molecular flexibility index (Phi) is 5.22. The van der Waals surface area contributed by atoms with E-state index in [-0.39, 0.29) is 17.0 Å². The maximum Gasteiger partial charge on any atom is 0.238 e. The molecule has 0 aliphatic rings. The molecule has 4 aromatic rings. The van der Waals surface area contributed by atoms with Gasteiger partial charge in [0.15, 0.2) is 5.82 Å². The van der Waals surface area contributed by atoms with Crippen LogP contribution >= 0.6 is 11.3 Å². The molecule has 0 bridgehead atoms. The van der Waals surface area contributed by atoms with E-state index < -0.39 is 15.8 Å². The van der Waals surface area contributed by atoms with Crippen molar-refractivity contribution in [2.45, 2.75) is 25.3 Å². The number of aromatic nitrogens is 3. The van der Waals surface area contributed by atoms with Crippen molar-refractivity contribution in [2.24, 2.45) is 5.14 Å². The van der Waals surface area contributed by atoms with Gasteiger partial charge in [0.1, 0.15) is 16.5 Å². The SMILES string of the molecule is Cc1sc2nc(-c3cccnc3)nc(NCc3cc(S(N)(=O)=O)ccc3F)c2c1C. The van der Waals surface area contributed by atoms with E-state index in [0.29, 0.717) is 11.6 Å². The molecule has 10 heteroatoms. The summed E-state index contributed by atoms with van der Waals surface area (Å²) in [4.78, 5) is 15.2. The Morgan fingerprint density at radius 1 is 1.20 bits per heavy atom. The van der Waals surface area contributed by atoms with Gasteiger partial charge in [-0.05, 0) is 49.7 Å². The largest absolute Gasteiger partial charge is 0.365 e. The van der Waals surface area contributed by atoms with Gasteiger partial charge in [0.05, 0.1) is 10.3 Å². The molecular weight excluding hydrogens is 425 g/mol. The van der Waals surface area contributed by atoms with Gasteiger partial charge in [0, 0.05) is 34.9 Å². The van der Waals surface area contributed by atoms with Gasteiger partial charge in [-0.3, -0.25) is 4.98 Å². The van der Waals surface area contributed by atoms with Gasteiger partial charge >= 0.3 is 0 Å². The normalized spacial score (nSPS) is 11.7. The van der Waals surface area contributed by atoms with Crippen molar-refractivity contribution in [3.05, 3.63) is 64.5 Å². The average molecular weight is 444 g/mol. The zero-order valence-corrected chi connectivity index (χ0v) is 17.8. The Bertz CT molecular complexity index is 1350. The number of fused-ring (bicyclic) bond motifs is 1. The quantitative estimate of drug-likeness (QED) is 0.486. The Labute approximate surface area is 176 Å². The van der Waals surface area contributed by atoms with E-state index in [1.54, 1.807) is 29.8 Å². The molecule has 0 amide bonds. The number of rotatable bonds is 5. The topological polar surface area (TPSA) is 111 Å². The number of aryl methyl sites for hydroxylation is 2. The number of benzene rings is 1. The zero-order chi connectivity index (χ0) is 21.5. The third kappa shape index (κ3) is 3.89. The summed E-state index contributed by atoms with van der Waals surface area (Å²) in [6, 6.07) is 7.12. The number of nitrogens with zero attached hydrogens (tertiary/aromatic N) is 3. The lowest BCUT2D eigenvalue weighted by Gasteiger charge is -2.11. The van der Waals surface area contributed by atoms with Gasteiger partial charge in [0.2, 0.25) is 10.0 Å². The molecule has 3 aromatic heterocycles. The number of anilines is 1. The van der Waals surface area contributed by atoms with Crippen molar-refractivity contribution in [2.75, 3.05) is 5.32 Å². The summed E-state index contributed by atoms with van der Waals surface area (Å²) in [6.07, 6.45) is 3.34. The molecule has 0 aliphatic heterocycles. The fourth-order valence-corrected chi connectivity index (χ4v) is 4.64. The van der Waals surface area contributed by atoms with Crippen LogP contribution in [0.5, 0.6) is 0 Å². The average Bonchev–Trinajstić information content (AvgIpc) is 3.00. The predicted octanol–water partition coefficient (Wildman–Crippen LogP) is 3.77. The number of nitrogens with two attached hydrogens (primary N) is 1. The monoisotopic (exact) mass is 443 g/mol. The lowest BCUT2D eigenvalue weighted by molar-refractivity contribution is 0.594. The molecule has 0 aliphatic carbocycles. The number of halogens is 1. The molecule has 0 radical (unpaired) electrons. The van der Waals surface area contributed by atoms with Crippen molar-refractivity contribution in [3.8, 4) is 11.4 Å². The van der Waals surface area contributed by atoms with Crippen molar-refractivity contribution in [1.82, 2.24) is 15.0 Å². The summed E-state index contributed by atoms with van der Waals surface area (Å²) in [6.45, 7) is 4.02. The minimum absolute atomic E-state index is 0.0299. The first-order chi connectivity index (χ1) is 14.2. The van der Waals surface area contributed by atoms with Crippen molar-refractivity contribution in [1.29, 1.82) is 0 Å². The van der Waals surface area contributed by atoms with Crippen molar-refractivity contribution in [3.63, 3.8) is 0 Å². The highest BCUT2D eigenvalue weighted by Crippen LogP contribution is 2.35. The van der Waals surface area contributed by atoms with Crippen LogP contribution in [-0.4, -0.2) is 23.4 Å². The van der Waals surface area contributed by atoms with Gasteiger partial charge in [0.25, 0.3) is 0 Å². The molecule has 0 saturated heterocycles. The van der Waals surface area contributed by atoms with Crippen LogP contribution < -0.4 is 10.5 Å². The number of nitrogens with one attached hydrogen (secondary N) is 1. The molecule has 3 N–H and O–H groups in total. The molecule has 4 rings (SSSR count). The standard InChI is InChI=1S/C20H18FN5O2S2/c1-11-12(2)29-20-17(11)19(25-18(26-20)13-4-3-7-23-9-13)24-10-14-8-15(30(22,27)28)5-6-16(14)21/h3-9H,10H2,1-2H3,(H2,22,27,28)(H,24,25,26). The van der Waals surface area contributed by atoms with Crippen LogP contribution in [0.15, 0.2) is 47.6 Å². The smallest absolute Gasteiger partial charge is 0.238 e. The highest BCUT2D eigenvalue weighted by Gasteiger charge is 2.17. The highest BCUT2D eigenvalue weighted by molar-refractivity contribution is 7.89. The van der Waals surface area contributed by atoms with Crippen LogP contribution in [0.25, 0.3) is 21.6 Å². The first-order valence-corrected chi connectivity index (χ1v) is 11.3. The lowest BCUT2D eigenvalue weighted by Crippen LogP contribution is -2.13. The molecule has 3 heterocycles. The van der Waals surface area contributed by atoms with E-state index >= 15 is 0 Å². The number of thiophene rings is 1. The second-order valence-corrected chi connectivity index (χ2v) is 9.52. The number of hydrogen-bond donors (Lipinski definition) is 2. The summed E-state index contributed by atoms with van der Waals surface area (Å²) in [5.41, 5.74) is 1.96. The van der Waals surface area contributed by atoms with Gasteiger partial charge in [-0.2, -0.15) is 0 Å². The Morgan fingerprint density at radius 2 is 2.00 bits per heavy atom. The summed E-state index contributed by atoms with van der Waals surface area (Å²) < 4.78 is 37.5.